The first-order chi connectivity index (χ1) is 15.8. The first-order valence-electron chi connectivity index (χ1n) is 11.4. The smallest absolute Gasteiger partial charge is 0.328 e. The SMILES string of the molecule is CCC(C)C(NC(=O)C(N)CCC(N)=O)C(=O)NC(CCCCN)C(=O)NC(C(=O)O)C(C)O. The van der Waals surface area contributed by atoms with Crippen LogP contribution in [-0.4, -0.2) is 76.6 Å². The number of unbranched alkanes of at least 4 members (excludes halogenated alkanes) is 1. The molecule has 0 fully saturated rings. The van der Waals surface area contributed by atoms with Crippen molar-refractivity contribution >= 4 is 29.6 Å². The van der Waals surface area contributed by atoms with Gasteiger partial charge >= 0.3 is 5.97 Å². The number of amides is 4. The largest absolute Gasteiger partial charge is 0.480 e. The number of aliphatic hydroxyl groups excluding tert-OH is 1. The summed E-state index contributed by atoms with van der Waals surface area (Å²) in [5, 5.41) is 26.2. The van der Waals surface area contributed by atoms with Crippen molar-refractivity contribution in [2.24, 2.45) is 23.1 Å². The molecular weight excluding hydrogens is 448 g/mol. The first-order valence-corrected chi connectivity index (χ1v) is 11.4. The summed E-state index contributed by atoms with van der Waals surface area (Å²) in [5.41, 5.74) is 16.4. The van der Waals surface area contributed by atoms with Crippen molar-refractivity contribution in [2.75, 3.05) is 6.54 Å². The van der Waals surface area contributed by atoms with Crippen molar-refractivity contribution in [2.45, 2.75) is 89.6 Å². The van der Waals surface area contributed by atoms with Gasteiger partial charge in [0, 0.05) is 6.42 Å². The number of carboxylic acids is 1. The third-order valence-electron chi connectivity index (χ3n) is 5.46. The third-order valence-corrected chi connectivity index (χ3v) is 5.46. The highest BCUT2D eigenvalue weighted by Crippen LogP contribution is 2.11. The van der Waals surface area contributed by atoms with Crippen LogP contribution in [0.4, 0.5) is 0 Å². The van der Waals surface area contributed by atoms with Gasteiger partial charge in [0.05, 0.1) is 12.1 Å². The predicted molar refractivity (Wildman–Crippen MR) is 124 cm³/mol. The van der Waals surface area contributed by atoms with Gasteiger partial charge in [-0.3, -0.25) is 19.2 Å². The Balaban J connectivity index is 5.53. The number of nitrogens with two attached hydrogens (primary N) is 3. The highest BCUT2D eigenvalue weighted by Gasteiger charge is 2.33. The Hall–Kier alpha value is -2.77. The van der Waals surface area contributed by atoms with Crippen LogP contribution >= 0.6 is 0 Å². The van der Waals surface area contributed by atoms with Crippen LogP contribution in [0.25, 0.3) is 0 Å². The molecule has 6 unspecified atom stereocenters. The Bertz CT molecular complexity index is 703. The Kier molecular flexibility index (Phi) is 14.7. The van der Waals surface area contributed by atoms with Gasteiger partial charge in [0.2, 0.25) is 23.6 Å². The molecule has 6 atom stereocenters. The van der Waals surface area contributed by atoms with Gasteiger partial charge in [0.1, 0.15) is 12.1 Å². The van der Waals surface area contributed by atoms with Crippen LogP contribution in [0.3, 0.4) is 0 Å². The Morgan fingerprint density at radius 2 is 1.47 bits per heavy atom. The van der Waals surface area contributed by atoms with E-state index in [1.54, 1.807) is 6.92 Å². The van der Waals surface area contributed by atoms with Crippen LogP contribution in [0.15, 0.2) is 0 Å². The van der Waals surface area contributed by atoms with E-state index in [4.69, 9.17) is 17.2 Å². The molecule has 0 bridgehead atoms. The molecule has 0 saturated carbocycles. The molecule has 196 valence electrons. The third kappa shape index (κ3) is 11.4. The van der Waals surface area contributed by atoms with Gasteiger partial charge in [0.25, 0.3) is 0 Å². The Morgan fingerprint density at radius 3 is 1.94 bits per heavy atom. The molecule has 13 nitrogen and oxygen atoms in total. The second-order valence-electron chi connectivity index (χ2n) is 8.39. The number of primary amides is 1. The van der Waals surface area contributed by atoms with Crippen LogP contribution < -0.4 is 33.2 Å². The molecule has 11 N–H and O–H groups in total. The minimum Gasteiger partial charge on any atom is -0.480 e. The highest BCUT2D eigenvalue weighted by molar-refractivity contribution is 5.94. The first kappa shape index (κ1) is 31.2. The van der Waals surface area contributed by atoms with Crippen molar-refractivity contribution in [3.8, 4) is 0 Å². The molecule has 4 amide bonds. The van der Waals surface area contributed by atoms with Crippen molar-refractivity contribution in [1.82, 2.24) is 16.0 Å². The van der Waals surface area contributed by atoms with Crippen LogP contribution in [0, 0.1) is 5.92 Å². The minimum absolute atomic E-state index is 0.00997. The number of hydrogen-bond acceptors (Lipinski definition) is 8. The zero-order valence-electron chi connectivity index (χ0n) is 20.1. The van der Waals surface area contributed by atoms with Crippen molar-refractivity contribution in [3.63, 3.8) is 0 Å². The van der Waals surface area contributed by atoms with Gasteiger partial charge < -0.3 is 43.4 Å². The minimum atomic E-state index is -1.56. The number of nitrogens with one attached hydrogen (secondary N) is 3. The summed E-state index contributed by atoms with van der Waals surface area (Å²) in [6.45, 7) is 5.13. The van der Waals surface area contributed by atoms with Gasteiger partial charge in [-0.1, -0.05) is 20.3 Å². The summed E-state index contributed by atoms with van der Waals surface area (Å²) in [6, 6.07) is -4.77. The van der Waals surface area contributed by atoms with Crippen LogP contribution in [0.1, 0.15) is 59.3 Å². The summed E-state index contributed by atoms with van der Waals surface area (Å²) < 4.78 is 0. The standard InChI is InChI=1S/C21H40N6O7/c1-4-11(2)16(26-18(30)13(23)8-9-15(24)29)20(32)25-14(7-5-6-10-22)19(31)27-17(12(3)28)21(33)34/h11-14,16-17,28H,4-10,22-23H2,1-3H3,(H2,24,29)(H,25,32)(H,26,30)(H,27,31)(H,33,34). The average molecular weight is 489 g/mol. The molecule has 0 aromatic rings. The molecule has 0 heterocycles. The quantitative estimate of drug-likeness (QED) is 0.102. The number of rotatable bonds is 17. The molecule has 0 aliphatic carbocycles. The maximum Gasteiger partial charge on any atom is 0.328 e. The van der Waals surface area contributed by atoms with E-state index in [2.05, 4.69) is 16.0 Å². The summed E-state index contributed by atoms with van der Waals surface area (Å²) in [7, 11) is 0. The molecule has 0 spiro atoms. The van der Waals surface area contributed by atoms with Gasteiger partial charge in [-0.05, 0) is 45.1 Å². The maximum absolute atomic E-state index is 13.1. The van der Waals surface area contributed by atoms with E-state index in [0.717, 1.165) is 0 Å². The van der Waals surface area contributed by atoms with Crippen molar-refractivity contribution in [1.29, 1.82) is 0 Å². The van der Waals surface area contributed by atoms with Crippen LogP contribution in [-0.2, 0) is 24.0 Å². The lowest BCUT2D eigenvalue weighted by Crippen LogP contribution is -2.59. The second-order valence-corrected chi connectivity index (χ2v) is 8.39. The molecule has 34 heavy (non-hydrogen) atoms. The summed E-state index contributed by atoms with van der Waals surface area (Å²) in [4.78, 5) is 60.5. The Morgan fingerprint density at radius 1 is 0.882 bits per heavy atom. The fourth-order valence-corrected chi connectivity index (χ4v) is 3.06. The van der Waals surface area contributed by atoms with E-state index in [1.165, 1.54) is 6.92 Å². The van der Waals surface area contributed by atoms with Crippen LogP contribution in [0.5, 0.6) is 0 Å². The van der Waals surface area contributed by atoms with E-state index in [1.807, 2.05) is 6.92 Å². The van der Waals surface area contributed by atoms with E-state index in [-0.39, 0.29) is 25.2 Å². The molecule has 0 radical (unpaired) electrons. The van der Waals surface area contributed by atoms with Gasteiger partial charge in [-0.15, -0.1) is 0 Å². The van der Waals surface area contributed by atoms with E-state index in [0.29, 0.717) is 25.8 Å². The fraction of sp³-hybridized carbons (Fsp3) is 0.762. The topological polar surface area (TPSA) is 240 Å². The summed E-state index contributed by atoms with van der Waals surface area (Å²) >= 11 is 0. The number of aliphatic hydroxyl groups is 1. The van der Waals surface area contributed by atoms with Crippen molar-refractivity contribution in [3.05, 3.63) is 0 Å². The molecule has 0 aliphatic rings. The van der Waals surface area contributed by atoms with E-state index >= 15 is 0 Å². The lowest BCUT2D eigenvalue weighted by atomic mass is 9.96. The highest BCUT2D eigenvalue weighted by atomic mass is 16.4. The number of carbonyl (C=O) groups excluding carboxylic acids is 4. The van der Waals surface area contributed by atoms with Gasteiger partial charge in [-0.2, -0.15) is 0 Å². The molecule has 0 rings (SSSR count). The molecular formula is C21H40N6O7. The molecule has 0 saturated heterocycles. The Labute approximate surface area is 199 Å². The van der Waals surface area contributed by atoms with Crippen LogP contribution in [0.2, 0.25) is 0 Å². The zero-order chi connectivity index (χ0) is 26.4. The average Bonchev–Trinajstić information content (AvgIpc) is 2.77. The van der Waals surface area contributed by atoms with E-state index in [9.17, 15) is 34.2 Å². The number of hydrogen-bond donors (Lipinski definition) is 8. The summed E-state index contributed by atoms with van der Waals surface area (Å²) in [5.74, 6) is -4.45. The number of aliphatic carboxylic acids is 1. The molecule has 0 aliphatic heterocycles. The lowest BCUT2D eigenvalue weighted by Gasteiger charge is -2.28. The van der Waals surface area contributed by atoms with Gasteiger partial charge in [0.15, 0.2) is 6.04 Å². The summed E-state index contributed by atoms with van der Waals surface area (Å²) in [6.07, 6.45) is 0.277. The predicted octanol–water partition coefficient (Wildman–Crippen LogP) is -2.33. The van der Waals surface area contributed by atoms with Crippen molar-refractivity contribution < 1.29 is 34.2 Å². The monoisotopic (exact) mass is 488 g/mol. The zero-order valence-corrected chi connectivity index (χ0v) is 20.1. The lowest BCUT2D eigenvalue weighted by molar-refractivity contribution is -0.145. The molecule has 13 heteroatoms. The molecule has 0 aromatic heterocycles. The normalized spacial score (nSPS) is 16.3. The fourth-order valence-electron chi connectivity index (χ4n) is 3.06. The van der Waals surface area contributed by atoms with E-state index < -0.39 is 59.9 Å². The van der Waals surface area contributed by atoms with Gasteiger partial charge in [-0.25, -0.2) is 4.79 Å². The number of carboxylic acid groups (broad SMARTS) is 1. The molecule has 0 aromatic carbocycles. The second kappa shape index (κ2) is 16.0. The maximum atomic E-state index is 13.1. The number of carbonyl (C=O) groups is 5.